The van der Waals surface area contributed by atoms with E-state index in [1.54, 1.807) is 6.07 Å². The van der Waals surface area contributed by atoms with Crippen LogP contribution in [0.4, 0.5) is 0 Å². The second-order valence-corrected chi connectivity index (χ2v) is 6.80. The second-order valence-electron chi connectivity index (χ2n) is 5.15. The van der Waals surface area contributed by atoms with Gasteiger partial charge in [0.05, 0.1) is 31.8 Å². The van der Waals surface area contributed by atoms with Crippen LogP contribution in [0.1, 0.15) is 20.7 Å². The normalized spacial score (nSPS) is 10.8. The second kappa shape index (κ2) is 8.52. The molecule has 9 nitrogen and oxygen atoms in total. The van der Waals surface area contributed by atoms with Crippen molar-refractivity contribution < 1.29 is 32.2 Å². The topological polar surface area (TPSA) is 120 Å². The van der Waals surface area contributed by atoms with Gasteiger partial charge in [0.15, 0.2) is 0 Å². The van der Waals surface area contributed by atoms with E-state index >= 15 is 0 Å². The van der Waals surface area contributed by atoms with Gasteiger partial charge >= 0.3 is 5.97 Å². The summed E-state index contributed by atoms with van der Waals surface area (Å²) >= 11 is 0. The van der Waals surface area contributed by atoms with E-state index in [2.05, 4.69) is 10.2 Å². The number of nitrogens with one attached hydrogen (secondary N) is 2. The van der Waals surface area contributed by atoms with Gasteiger partial charge in [-0.05, 0) is 24.3 Å². The molecule has 2 aromatic carbocycles. The molecule has 0 fully saturated rings. The number of esters is 1. The standard InChI is InChI=1S/C17H18N2O7S/c1-24-12-8-11(9-13(10-12)25-2)16(20)18-19-27(22,23)15-7-5-4-6-14(15)17(21)26-3/h4-10,19H,1-3H3,(H,18,20). The molecule has 0 aliphatic carbocycles. The first kappa shape index (κ1) is 20.2. The van der Waals surface area contributed by atoms with Crippen molar-refractivity contribution in [2.75, 3.05) is 21.3 Å². The maximum absolute atomic E-state index is 12.5. The van der Waals surface area contributed by atoms with Crippen LogP contribution in [-0.4, -0.2) is 41.6 Å². The Hall–Kier alpha value is -3.11. The zero-order valence-corrected chi connectivity index (χ0v) is 15.6. The van der Waals surface area contributed by atoms with E-state index in [4.69, 9.17) is 9.47 Å². The molecule has 2 aromatic rings. The zero-order chi connectivity index (χ0) is 20.0. The van der Waals surface area contributed by atoms with Crippen LogP contribution in [0.15, 0.2) is 47.4 Å². The van der Waals surface area contributed by atoms with Crippen LogP contribution >= 0.6 is 0 Å². The van der Waals surface area contributed by atoms with Crippen LogP contribution < -0.4 is 19.7 Å². The number of sulfonamides is 1. The quantitative estimate of drug-likeness (QED) is 0.533. The molecular weight excluding hydrogens is 376 g/mol. The van der Waals surface area contributed by atoms with E-state index in [0.717, 1.165) is 7.11 Å². The van der Waals surface area contributed by atoms with E-state index in [1.165, 1.54) is 50.6 Å². The highest BCUT2D eigenvalue weighted by atomic mass is 32.2. The van der Waals surface area contributed by atoms with Crippen molar-refractivity contribution in [3.8, 4) is 11.5 Å². The molecule has 0 aliphatic heterocycles. The minimum Gasteiger partial charge on any atom is -0.497 e. The largest absolute Gasteiger partial charge is 0.497 e. The summed E-state index contributed by atoms with van der Waals surface area (Å²) in [6.07, 6.45) is 0. The number of methoxy groups -OCH3 is 3. The van der Waals surface area contributed by atoms with E-state index < -0.39 is 21.9 Å². The third kappa shape index (κ3) is 4.74. The van der Waals surface area contributed by atoms with Gasteiger partial charge in [0.25, 0.3) is 15.9 Å². The van der Waals surface area contributed by atoms with Crippen LogP contribution in [0, 0.1) is 0 Å². The van der Waals surface area contributed by atoms with Crippen molar-refractivity contribution >= 4 is 21.9 Å². The molecule has 0 spiro atoms. The lowest BCUT2D eigenvalue weighted by atomic mass is 10.2. The van der Waals surface area contributed by atoms with E-state index in [1.807, 2.05) is 4.83 Å². The molecule has 1 amide bonds. The Kier molecular flexibility index (Phi) is 6.37. The average Bonchev–Trinajstić information content (AvgIpc) is 2.70. The summed E-state index contributed by atoms with van der Waals surface area (Å²) in [7, 11) is -0.251. The summed E-state index contributed by atoms with van der Waals surface area (Å²) in [6, 6.07) is 9.84. The minimum atomic E-state index is -4.23. The number of amides is 1. The fraction of sp³-hybridized carbons (Fsp3) is 0.176. The molecule has 0 unspecified atom stereocenters. The van der Waals surface area contributed by atoms with Gasteiger partial charge in [-0.1, -0.05) is 12.1 Å². The first-order valence-corrected chi connectivity index (χ1v) is 9.03. The molecule has 10 heteroatoms. The minimum absolute atomic E-state index is 0.107. The summed E-state index contributed by atoms with van der Waals surface area (Å²) in [6.45, 7) is 0. The fourth-order valence-corrected chi connectivity index (χ4v) is 3.19. The molecule has 2 rings (SSSR count). The third-order valence-corrected chi connectivity index (χ3v) is 4.80. The first-order valence-electron chi connectivity index (χ1n) is 7.55. The van der Waals surface area contributed by atoms with Crippen LogP contribution in [0.2, 0.25) is 0 Å². The third-order valence-electron chi connectivity index (χ3n) is 3.49. The van der Waals surface area contributed by atoms with Gasteiger partial charge in [-0.2, -0.15) is 0 Å². The summed E-state index contributed by atoms with van der Waals surface area (Å²) < 4.78 is 39.6. The highest BCUT2D eigenvalue weighted by molar-refractivity contribution is 7.89. The lowest BCUT2D eigenvalue weighted by Gasteiger charge is -2.12. The summed E-state index contributed by atoms with van der Waals surface area (Å²) in [5.41, 5.74) is 2.03. The summed E-state index contributed by atoms with van der Waals surface area (Å²) in [5, 5.41) is 0. The van der Waals surface area contributed by atoms with Crippen LogP contribution in [0.25, 0.3) is 0 Å². The monoisotopic (exact) mass is 394 g/mol. The highest BCUT2D eigenvalue weighted by Gasteiger charge is 2.23. The van der Waals surface area contributed by atoms with Crippen molar-refractivity contribution in [2.45, 2.75) is 4.90 Å². The number of carbonyl (C=O) groups is 2. The summed E-state index contributed by atoms with van der Waals surface area (Å²) in [4.78, 5) is 25.7. The van der Waals surface area contributed by atoms with Crippen molar-refractivity contribution in [1.82, 2.24) is 10.3 Å². The number of carbonyl (C=O) groups excluding carboxylic acids is 2. The zero-order valence-electron chi connectivity index (χ0n) is 14.8. The molecule has 0 aliphatic rings. The molecule has 0 bridgehead atoms. The average molecular weight is 394 g/mol. The van der Waals surface area contributed by atoms with Gasteiger partial charge in [0.2, 0.25) is 0 Å². The van der Waals surface area contributed by atoms with Gasteiger partial charge in [0, 0.05) is 11.6 Å². The van der Waals surface area contributed by atoms with Gasteiger partial charge in [-0.3, -0.25) is 10.2 Å². The van der Waals surface area contributed by atoms with E-state index in [-0.39, 0.29) is 16.0 Å². The number of benzene rings is 2. The Morgan fingerprint density at radius 1 is 0.926 bits per heavy atom. The lowest BCUT2D eigenvalue weighted by Crippen LogP contribution is -2.42. The molecule has 144 valence electrons. The first-order chi connectivity index (χ1) is 12.8. The molecular formula is C17H18N2O7S. The van der Waals surface area contributed by atoms with Crippen molar-refractivity contribution in [2.24, 2.45) is 0 Å². The SMILES string of the molecule is COC(=O)c1ccccc1S(=O)(=O)NNC(=O)c1cc(OC)cc(OC)c1. The Labute approximate surface area is 156 Å². The van der Waals surface area contributed by atoms with Crippen LogP contribution in [0.3, 0.4) is 0 Å². The molecule has 0 saturated heterocycles. The van der Waals surface area contributed by atoms with Gasteiger partial charge < -0.3 is 14.2 Å². The molecule has 0 aromatic heterocycles. The fourth-order valence-electron chi connectivity index (χ4n) is 2.16. The number of hydrazine groups is 1. The molecule has 2 N–H and O–H groups in total. The molecule has 0 atom stereocenters. The molecule has 27 heavy (non-hydrogen) atoms. The maximum atomic E-state index is 12.5. The Balaban J connectivity index is 2.23. The van der Waals surface area contributed by atoms with Crippen LogP contribution in [-0.2, 0) is 14.8 Å². The lowest BCUT2D eigenvalue weighted by molar-refractivity contribution is 0.0596. The van der Waals surface area contributed by atoms with Crippen molar-refractivity contribution in [3.63, 3.8) is 0 Å². The number of hydrogen-bond acceptors (Lipinski definition) is 7. The highest BCUT2D eigenvalue weighted by Crippen LogP contribution is 2.22. The van der Waals surface area contributed by atoms with E-state index in [0.29, 0.717) is 11.5 Å². The Bertz CT molecular complexity index is 935. The van der Waals surface area contributed by atoms with Gasteiger partial charge in [0.1, 0.15) is 11.5 Å². The molecule has 0 radical (unpaired) electrons. The van der Waals surface area contributed by atoms with Gasteiger partial charge in [-0.15, -0.1) is 4.83 Å². The van der Waals surface area contributed by atoms with Crippen molar-refractivity contribution in [1.29, 1.82) is 0 Å². The number of ether oxygens (including phenoxy) is 3. The number of hydrogen-bond donors (Lipinski definition) is 2. The van der Waals surface area contributed by atoms with Crippen molar-refractivity contribution in [3.05, 3.63) is 53.6 Å². The Morgan fingerprint density at radius 3 is 2.07 bits per heavy atom. The number of rotatable bonds is 7. The van der Waals surface area contributed by atoms with Gasteiger partial charge in [-0.25, -0.2) is 13.2 Å². The van der Waals surface area contributed by atoms with E-state index in [9.17, 15) is 18.0 Å². The summed E-state index contributed by atoms with van der Waals surface area (Å²) in [5.74, 6) is -0.844. The Morgan fingerprint density at radius 2 is 1.52 bits per heavy atom. The smallest absolute Gasteiger partial charge is 0.339 e. The maximum Gasteiger partial charge on any atom is 0.339 e. The molecule has 0 heterocycles. The predicted octanol–water partition coefficient (Wildman–Crippen LogP) is 1.11. The molecule has 0 saturated carbocycles. The predicted molar refractivity (Wildman–Crippen MR) is 95.1 cm³/mol. The van der Waals surface area contributed by atoms with Crippen LogP contribution in [0.5, 0.6) is 11.5 Å².